The van der Waals surface area contributed by atoms with Crippen molar-refractivity contribution in [3.05, 3.63) is 52.2 Å². The van der Waals surface area contributed by atoms with E-state index in [4.69, 9.17) is 0 Å². The normalized spacial score (nSPS) is 19.6. The summed E-state index contributed by atoms with van der Waals surface area (Å²) in [6.45, 7) is 7.36. The fraction of sp³-hybridized carbons (Fsp3) is 0.450. The number of benzene rings is 1. The SMILES string of the molecule is CC(C)c1ccc(NC(=O)[C@@H](C)N2CCC[C@@H]2c2cccs2)cc1. The fourth-order valence-corrected chi connectivity index (χ4v) is 4.27. The third-order valence-electron chi connectivity index (χ3n) is 4.89. The standard InChI is InChI=1S/C20H26N2OS/c1-14(2)16-8-10-17(11-9-16)21-20(23)15(3)22-12-4-6-18(22)19-7-5-13-24-19/h5,7-11,13-15,18H,4,6,12H2,1-3H3,(H,21,23)/t15-,18-/m1/s1. The Kier molecular flexibility index (Phi) is 5.36. The summed E-state index contributed by atoms with van der Waals surface area (Å²) in [7, 11) is 0. The molecule has 1 N–H and O–H groups in total. The Morgan fingerprint density at radius 1 is 1.21 bits per heavy atom. The van der Waals surface area contributed by atoms with Gasteiger partial charge in [0.15, 0.2) is 0 Å². The van der Waals surface area contributed by atoms with Gasteiger partial charge in [0.05, 0.1) is 6.04 Å². The molecule has 1 aliphatic rings. The minimum Gasteiger partial charge on any atom is -0.325 e. The first-order valence-corrected chi connectivity index (χ1v) is 9.64. The van der Waals surface area contributed by atoms with Gasteiger partial charge in [0, 0.05) is 16.6 Å². The molecule has 1 fully saturated rings. The van der Waals surface area contributed by atoms with Crippen molar-refractivity contribution < 1.29 is 4.79 Å². The molecular weight excluding hydrogens is 316 g/mol. The van der Waals surface area contributed by atoms with Gasteiger partial charge in [0.1, 0.15) is 0 Å². The average Bonchev–Trinajstić information content (AvgIpc) is 3.25. The van der Waals surface area contributed by atoms with Crippen LogP contribution in [0.5, 0.6) is 0 Å². The molecule has 0 bridgehead atoms. The number of hydrogen-bond acceptors (Lipinski definition) is 3. The lowest BCUT2D eigenvalue weighted by molar-refractivity contribution is -0.121. The molecule has 1 amide bonds. The van der Waals surface area contributed by atoms with Crippen LogP contribution in [0.4, 0.5) is 5.69 Å². The van der Waals surface area contributed by atoms with Crippen molar-refractivity contribution in [2.45, 2.75) is 51.6 Å². The summed E-state index contributed by atoms with van der Waals surface area (Å²) in [6.07, 6.45) is 2.30. The Morgan fingerprint density at radius 3 is 2.58 bits per heavy atom. The van der Waals surface area contributed by atoms with Crippen LogP contribution in [0.2, 0.25) is 0 Å². The van der Waals surface area contributed by atoms with E-state index in [0.717, 1.165) is 25.1 Å². The Hall–Kier alpha value is -1.65. The second-order valence-corrected chi connectivity index (χ2v) is 7.83. The van der Waals surface area contributed by atoms with Crippen LogP contribution in [0.25, 0.3) is 0 Å². The van der Waals surface area contributed by atoms with Crippen molar-refractivity contribution in [1.82, 2.24) is 4.90 Å². The summed E-state index contributed by atoms with van der Waals surface area (Å²) in [5, 5.41) is 5.19. The fourth-order valence-electron chi connectivity index (χ4n) is 3.39. The molecule has 2 atom stereocenters. The van der Waals surface area contributed by atoms with E-state index in [0.29, 0.717) is 12.0 Å². The third-order valence-corrected chi connectivity index (χ3v) is 5.86. The molecule has 1 aromatic carbocycles. The number of carbonyl (C=O) groups excluding carboxylic acids is 1. The molecule has 0 radical (unpaired) electrons. The Labute approximate surface area is 148 Å². The molecule has 128 valence electrons. The van der Waals surface area contributed by atoms with Crippen molar-refractivity contribution in [3.63, 3.8) is 0 Å². The van der Waals surface area contributed by atoms with Gasteiger partial charge < -0.3 is 5.32 Å². The van der Waals surface area contributed by atoms with E-state index >= 15 is 0 Å². The van der Waals surface area contributed by atoms with E-state index < -0.39 is 0 Å². The highest BCUT2D eigenvalue weighted by Gasteiger charge is 2.33. The molecule has 2 heterocycles. The molecule has 4 heteroatoms. The van der Waals surface area contributed by atoms with Gasteiger partial charge >= 0.3 is 0 Å². The van der Waals surface area contributed by atoms with Gasteiger partial charge in [0.2, 0.25) is 5.91 Å². The van der Waals surface area contributed by atoms with E-state index in [-0.39, 0.29) is 11.9 Å². The number of nitrogens with zero attached hydrogens (tertiary/aromatic N) is 1. The first-order chi connectivity index (χ1) is 11.6. The summed E-state index contributed by atoms with van der Waals surface area (Å²) >= 11 is 1.79. The van der Waals surface area contributed by atoms with Gasteiger partial charge in [-0.25, -0.2) is 0 Å². The maximum Gasteiger partial charge on any atom is 0.241 e. The third kappa shape index (κ3) is 3.70. The van der Waals surface area contributed by atoms with Crippen LogP contribution < -0.4 is 5.32 Å². The molecule has 3 rings (SSSR count). The molecule has 0 unspecified atom stereocenters. The first-order valence-electron chi connectivity index (χ1n) is 8.76. The lowest BCUT2D eigenvalue weighted by Gasteiger charge is -2.29. The largest absolute Gasteiger partial charge is 0.325 e. The molecule has 24 heavy (non-hydrogen) atoms. The maximum absolute atomic E-state index is 12.7. The van der Waals surface area contributed by atoms with E-state index in [2.05, 4.69) is 53.7 Å². The molecule has 3 nitrogen and oxygen atoms in total. The number of anilines is 1. The predicted molar refractivity (Wildman–Crippen MR) is 102 cm³/mol. The minimum absolute atomic E-state index is 0.0794. The minimum atomic E-state index is -0.121. The van der Waals surface area contributed by atoms with Gasteiger partial charge in [0.25, 0.3) is 0 Å². The molecule has 1 aromatic heterocycles. The summed E-state index contributed by atoms with van der Waals surface area (Å²) in [4.78, 5) is 16.4. The zero-order valence-corrected chi connectivity index (χ0v) is 15.5. The number of amides is 1. The molecule has 1 saturated heterocycles. The molecule has 0 spiro atoms. The maximum atomic E-state index is 12.7. The topological polar surface area (TPSA) is 32.3 Å². The number of hydrogen-bond donors (Lipinski definition) is 1. The molecule has 0 aliphatic carbocycles. The summed E-state index contributed by atoms with van der Waals surface area (Å²) in [5.74, 6) is 0.584. The van der Waals surface area contributed by atoms with Crippen LogP contribution in [0.3, 0.4) is 0 Å². The highest BCUT2D eigenvalue weighted by atomic mass is 32.1. The summed E-state index contributed by atoms with van der Waals surface area (Å²) < 4.78 is 0. The first kappa shape index (κ1) is 17.2. The van der Waals surface area contributed by atoms with Crippen LogP contribution in [-0.2, 0) is 4.79 Å². The quantitative estimate of drug-likeness (QED) is 0.826. The second kappa shape index (κ2) is 7.49. The van der Waals surface area contributed by atoms with Crippen LogP contribution in [0, 0.1) is 0 Å². The van der Waals surface area contributed by atoms with Gasteiger partial charge in [-0.05, 0) is 61.4 Å². The monoisotopic (exact) mass is 342 g/mol. The lowest BCUT2D eigenvalue weighted by Crippen LogP contribution is -2.41. The van der Waals surface area contributed by atoms with Gasteiger partial charge in [-0.1, -0.05) is 32.0 Å². The smallest absolute Gasteiger partial charge is 0.241 e. The average molecular weight is 343 g/mol. The molecule has 0 saturated carbocycles. The molecule has 1 aliphatic heterocycles. The highest BCUT2D eigenvalue weighted by Crippen LogP contribution is 2.36. The lowest BCUT2D eigenvalue weighted by atomic mass is 10.0. The van der Waals surface area contributed by atoms with Crippen molar-refractivity contribution in [3.8, 4) is 0 Å². The van der Waals surface area contributed by atoms with E-state index in [9.17, 15) is 4.79 Å². The van der Waals surface area contributed by atoms with Crippen molar-refractivity contribution in [2.24, 2.45) is 0 Å². The zero-order valence-electron chi connectivity index (χ0n) is 14.7. The van der Waals surface area contributed by atoms with Crippen molar-refractivity contribution in [1.29, 1.82) is 0 Å². The predicted octanol–water partition coefficient (Wildman–Crippen LogP) is 5.04. The van der Waals surface area contributed by atoms with Crippen LogP contribution in [-0.4, -0.2) is 23.4 Å². The number of rotatable bonds is 5. The summed E-state index contributed by atoms with van der Waals surface area (Å²) in [5.41, 5.74) is 2.17. The summed E-state index contributed by atoms with van der Waals surface area (Å²) in [6, 6.07) is 12.7. The zero-order chi connectivity index (χ0) is 17.1. The second-order valence-electron chi connectivity index (χ2n) is 6.85. The molecular formula is C20H26N2OS. The Bertz CT molecular complexity index is 663. The van der Waals surface area contributed by atoms with Gasteiger partial charge in [-0.15, -0.1) is 11.3 Å². The number of likely N-dealkylation sites (tertiary alicyclic amines) is 1. The van der Waals surface area contributed by atoms with Crippen molar-refractivity contribution in [2.75, 3.05) is 11.9 Å². The number of nitrogens with one attached hydrogen (secondary N) is 1. The number of thiophene rings is 1. The van der Waals surface area contributed by atoms with Crippen LogP contribution in [0.15, 0.2) is 41.8 Å². The van der Waals surface area contributed by atoms with E-state index in [1.807, 2.05) is 19.1 Å². The van der Waals surface area contributed by atoms with Crippen molar-refractivity contribution >= 4 is 22.9 Å². The van der Waals surface area contributed by atoms with Crippen LogP contribution in [0.1, 0.15) is 56.0 Å². The van der Waals surface area contributed by atoms with E-state index in [1.54, 1.807) is 11.3 Å². The van der Waals surface area contributed by atoms with Gasteiger partial charge in [-0.2, -0.15) is 0 Å². The van der Waals surface area contributed by atoms with Gasteiger partial charge in [-0.3, -0.25) is 9.69 Å². The molecule has 2 aromatic rings. The highest BCUT2D eigenvalue weighted by molar-refractivity contribution is 7.10. The van der Waals surface area contributed by atoms with Crippen LogP contribution >= 0.6 is 11.3 Å². The van der Waals surface area contributed by atoms with E-state index in [1.165, 1.54) is 10.4 Å². The Morgan fingerprint density at radius 2 is 1.96 bits per heavy atom. The number of carbonyl (C=O) groups is 1. The Balaban J connectivity index is 1.65.